The molecule has 0 bridgehead atoms. The average Bonchev–Trinajstić information content (AvgIpc) is 2.22. The SMILES string of the molecule is COc1cc(C)c(C(C)(C)C)c(OCC(C)(C)C)c1. The largest absolute Gasteiger partial charge is 0.497 e. The second-order valence-electron chi connectivity index (χ2n) is 7.42. The van der Waals surface area contributed by atoms with E-state index in [1.54, 1.807) is 7.11 Å². The molecule has 1 rings (SSSR count). The Bertz CT molecular complexity index is 434. The Morgan fingerprint density at radius 3 is 2.00 bits per heavy atom. The maximum Gasteiger partial charge on any atom is 0.127 e. The summed E-state index contributed by atoms with van der Waals surface area (Å²) in [5.74, 6) is 1.80. The van der Waals surface area contributed by atoms with Gasteiger partial charge in [-0.25, -0.2) is 0 Å². The van der Waals surface area contributed by atoms with Gasteiger partial charge in [0, 0.05) is 11.6 Å². The Hall–Kier alpha value is -1.18. The van der Waals surface area contributed by atoms with Gasteiger partial charge in [0.25, 0.3) is 0 Å². The topological polar surface area (TPSA) is 18.5 Å². The normalized spacial score (nSPS) is 12.4. The molecule has 0 atom stereocenters. The third-order valence-corrected chi connectivity index (χ3v) is 2.92. The molecule has 0 unspecified atom stereocenters. The van der Waals surface area contributed by atoms with Crippen molar-refractivity contribution in [3.05, 3.63) is 23.3 Å². The van der Waals surface area contributed by atoms with Gasteiger partial charge in [-0.3, -0.25) is 0 Å². The van der Waals surface area contributed by atoms with Crippen molar-refractivity contribution in [2.24, 2.45) is 5.41 Å². The van der Waals surface area contributed by atoms with Crippen LogP contribution in [0, 0.1) is 12.3 Å². The monoisotopic (exact) mass is 264 g/mol. The van der Waals surface area contributed by atoms with Crippen molar-refractivity contribution >= 4 is 0 Å². The van der Waals surface area contributed by atoms with Crippen molar-refractivity contribution in [1.29, 1.82) is 0 Å². The van der Waals surface area contributed by atoms with E-state index in [9.17, 15) is 0 Å². The van der Waals surface area contributed by atoms with E-state index in [0.717, 1.165) is 11.5 Å². The molecule has 108 valence electrons. The smallest absolute Gasteiger partial charge is 0.127 e. The summed E-state index contributed by atoms with van der Waals surface area (Å²) >= 11 is 0. The third kappa shape index (κ3) is 4.45. The second-order valence-corrected chi connectivity index (χ2v) is 7.42. The van der Waals surface area contributed by atoms with E-state index in [2.05, 4.69) is 54.5 Å². The lowest BCUT2D eigenvalue weighted by Crippen LogP contribution is -2.21. The van der Waals surface area contributed by atoms with Crippen LogP contribution in [0.4, 0.5) is 0 Å². The van der Waals surface area contributed by atoms with E-state index < -0.39 is 0 Å². The zero-order valence-corrected chi connectivity index (χ0v) is 13.7. The van der Waals surface area contributed by atoms with Crippen LogP contribution in [-0.4, -0.2) is 13.7 Å². The predicted molar refractivity (Wildman–Crippen MR) is 81.4 cm³/mol. The lowest BCUT2D eigenvalue weighted by atomic mass is 9.83. The van der Waals surface area contributed by atoms with Crippen LogP contribution in [0.3, 0.4) is 0 Å². The van der Waals surface area contributed by atoms with E-state index >= 15 is 0 Å². The van der Waals surface area contributed by atoms with Gasteiger partial charge in [0.1, 0.15) is 11.5 Å². The van der Waals surface area contributed by atoms with E-state index in [0.29, 0.717) is 6.61 Å². The van der Waals surface area contributed by atoms with Crippen molar-refractivity contribution in [3.63, 3.8) is 0 Å². The van der Waals surface area contributed by atoms with Gasteiger partial charge in [-0.2, -0.15) is 0 Å². The maximum atomic E-state index is 6.07. The van der Waals surface area contributed by atoms with E-state index in [4.69, 9.17) is 9.47 Å². The van der Waals surface area contributed by atoms with Crippen LogP contribution in [-0.2, 0) is 5.41 Å². The molecule has 0 radical (unpaired) electrons. The Balaban J connectivity index is 3.21. The summed E-state index contributed by atoms with van der Waals surface area (Å²) in [5, 5.41) is 0. The van der Waals surface area contributed by atoms with Crippen LogP contribution in [0.15, 0.2) is 12.1 Å². The van der Waals surface area contributed by atoms with Gasteiger partial charge >= 0.3 is 0 Å². The second kappa shape index (κ2) is 5.44. The zero-order valence-electron chi connectivity index (χ0n) is 13.7. The number of benzene rings is 1. The van der Waals surface area contributed by atoms with Crippen LogP contribution in [0.5, 0.6) is 11.5 Å². The summed E-state index contributed by atoms with van der Waals surface area (Å²) in [6.07, 6.45) is 0. The van der Waals surface area contributed by atoms with E-state index in [1.165, 1.54) is 11.1 Å². The van der Waals surface area contributed by atoms with Gasteiger partial charge in [0.05, 0.1) is 13.7 Å². The van der Waals surface area contributed by atoms with Crippen molar-refractivity contribution < 1.29 is 9.47 Å². The highest BCUT2D eigenvalue weighted by Crippen LogP contribution is 2.37. The molecular formula is C17H28O2. The van der Waals surface area contributed by atoms with Gasteiger partial charge in [-0.15, -0.1) is 0 Å². The van der Waals surface area contributed by atoms with E-state index in [1.807, 2.05) is 6.07 Å². The Morgan fingerprint density at radius 1 is 1.00 bits per heavy atom. The minimum atomic E-state index is 0.0591. The molecule has 0 aromatic heterocycles. The summed E-state index contributed by atoms with van der Waals surface area (Å²) in [7, 11) is 1.69. The van der Waals surface area contributed by atoms with E-state index in [-0.39, 0.29) is 10.8 Å². The lowest BCUT2D eigenvalue weighted by molar-refractivity contribution is 0.193. The first kappa shape index (κ1) is 15.9. The fourth-order valence-electron chi connectivity index (χ4n) is 2.21. The predicted octanol–water partition coefficient (Wildman–Crippen LogP) is 4.73. The molecule has 0 aliphatic rings. The number of hydrogen-bond acceptors (Lipinski definition) is 2. The number of ether oxygens (including phenoxy) is 2. The van der Waals surface area contributed by atoms with Gasteiger partial charge < -0.3 is 9.47 Å². The number of methoxy groups -OCH3 is 1. The summed E-state index contributed by atoms with van der Waals surface area (Å²) in [5.41, 5.74) is 2.68. The Morgan fingerprint density at radius 2 is 1.58 bits per heavy atom. The summed E-state index contributed by atoms with van der Waals surface area (Å²) < 4.78 is 11.4. The molecule has 2 heteroatoms. The maximum absolute atomic E-state index is 6.07. The lowest BCUT2D eigenvalue weighted by Gasteiger charge is -2.28. The number of aryl methyl sites for hydroxylation is 1. The van der Waals surface area contributed by atoms with Crippen molar-refractivity contribution in [3.8, 4) is 11.5 Å². The van der Waals surface area contributed by atoms with Crippen molar-refractivity contribution in [2.75, 3.05) is 13.7 Å². The quantitative estimate of drug-likeness (QED) is 0.786. The van der Waals surface area contributed by atoms with Crippen LogP contribution >= 0.6 is 0 Å². The van der Waals surface area contributed by atoms with Crippen molar-refractivity contribution in [2.45, 2.75) is 53.9 Å². The Kier molecular flexibility index (Phi) is 4.54. The van der Waals surface area contributed by atoms with Crippen LogP contribution in [0.2, 0.25) is 0 Å². The third-order valence-electron chi connectivity index (χ3n) is 2.92. The van der Waals surface area contributed by atoms with Crippen molar-refractivity contribution in [1.82, 2.24) is 0 Å². The summed E-state index contributed by atoms with van der Waals surface area (Å²) in [4.78, 5) is 0. The molecule has 2 nitrogen and oxygen atoms in total. The summed E-state index contributed by atoms with van der Waals surface area (Å²) in [6, 6.07) is 4.07. The molecule has 0 aliphatic carbocycles. The molecule has 1 aromatic rings. The van der Waals surface area contributed by atoms with Gasteiger partial charge in [-0.05, 0) is 29.4 Å². The first-order valence-corrected chi connectivity index (χ1v) is 6.86. The number of rotatable bonds is 3. The van der Waals surface area contributed by atoms with Crippen LogP contribution in [0.1, 0.15) is 52.7 Å². The first-order valence-electron chi connectivity index (χ1n) is 6.86. The molecule has 19 heavy (non-hydrogen) atoms. The molecule has 1 aromatic carbocycles. The molecule has 0 heterocycles. The fourth-order valence-corrected chi connectivity index (χ4v) is 2.21. The molecule has 0 saturated heterocycles. The van der Waals surface area contributed by atoms with Crippen LogP contribution in [0.25, 0.3) is 0 Å². The highest BCUT2D eigenvalue weighted by atomic mass is 16.5. The molecular weight excluding hydrogens is 236 g/mol. The molecule has 0 aliphatic heterocycles. The highest BCUT2D eigenvalue weighted by Gasteiger charge is 2.23. The highest BCUT2D eigenvalue weighted by molar-refractivity contribution is 5.49. The Labute approximate surface area is 118 Å². The molecule has 0 fully saturated rings. The minimum Gasteiger partial charge on any atom is -0.497 e. The zero-order chi connectivity index (χ0) is 14.8. The first-order chi connectivity index (χ1) is 8.54. The molecule has 0 amide bonds. The molecule has 0 saturated carbocycles. The molecule has 0 N–H and O–H groups in total. The number of hydrogen-bond donors (Lipinski definition) is 0. The van der Waals surface area contributed by atoms with Gasteiger partial charge in [0.15, 0.2) is 0 Å². The fraction of sp³-hybridized carbons (Fsp3) is 0.647. The average molecular weight is 264 g/mol. The van der Waals surface area contributed by atoms with Gasteiger partial charge in [0.2, 0.25) is 0 Å². The minimum absolute atomic E-state index is 0.0591. The molecule has 0 spiro atoms. The van der Waals surface area contributed by atoms with Crippen LogP contribution < -0.4 is 9.47 Å². The van der Waals surface area contributed by atoms with Gasteiger partial charge in [-0.1, -0.05) is 41.5 Å². The summed E-state index contributed by atoms with van der Waals surface area (Å²) in [6.45, 7) is 16.0. The standard InChI is InChI=1S/C17H28O2/c1-12-9-13(18-8)10-14(15(12)17(5,6)7)19-11-16(2,3)4/h9-10H,11H2,1-8H3.